The van der Waals surface area contributed by atoms with Gasteiger partial charge in [-0.2, -0.15) is 0 Å². The van der Waals surface area contributed by atoms with E-state index in [0.29, 0.717) is 18.4 Å². The zero-order chi connectivity index (χ0) is 11.0. The first-order valence-corrected chi connectivity index (χ1v) is 5.76. The molecule has 4 atom stereocenters. The number of rotatable bonds is 3. The predicted molar refractivity (Wildman–Crippen MR) is 60.1 cm³/mol. The van der Waals surface area contributed by atoms with E-state index in [1.165, 1.54) is 19.3 Å². The van der Waals surface area contributed by atoms with Gasteiger partial charge >= 0.3 is 0 Å². The minimum Gasteiger partial charge on any atom is -0.342 e. The van der Waals surface area contributed by atoms with Gasteiger partial charge in [-0.15, -0.1) is 6.58 Å². The van der Waals surface area contributed by atoms with E-state index in [1.807, 2.05) is 7.05 Å². The largest absolute Gasteiger partial charge is 0.342 e. The maximum absolute atomic E-state index is 12.1. The summed E-state index contributed by atoms with van der Waals surface area (Å²) in [6.45, 7) is 4.28. The van der Waals surface area contributed by atoms with E-state index in [1.54, 1.807) is 11.0 Å². The second-order valence-corrected chi connectivity index (χ2v) is 4.94. The summed E-state index contributed by atoms with van der Waals surface area (Å²) in [6.07, 6.45) is 5.34. The van der Waals surface area contributed by atoms with Crippen LogP contribution >= 0.6 is 0 Å². The number of likely N-dealkylation sites (N-methyl/N-ethyl adjacent to an activating group) is 1. The van der Waals surface area contributed by atoms with Crippen LogP contribution in [0.3, 0.4) is 0 Å². The van der Waals surface area contributed by atoms with E-state index in [9.17, 15) is 4.79 Å². The van der Waals surface area contributed by atoms with Gasteiger partial charge in [0.2, 0.25) is 5.91 Å². The fourth-order valence-electron chi connectivity index (χ4n) is 3.24. The molecule has 0 heterocycles. The normalized spacial score (nSPS) is 38.0. The van der Waals surface area contributed by atoms with Crippen molar-refractivity contribution in [1.82, 2.24) is 4.90 Å². The van der Waals surface area contributed by atoms with E-state index in [2.05, 4.69) is 6.58 Å². The Morgan fingerprint density at radius 1 is 1.53 bits per heavy atom. The monoisotopic (exact) mass is 208 g/mol. The highest BCUT2D eigenvalue weighted by molar-refractivity contribution is 5.80. The van der Waals surface area contributed by atoms with E-state index in [0.717, 1.165) is 0 Å². The smallest absolute Gasteiger partial charge is 0.227 e. The molecule has 4 unspecified atom stereocenters. The molecule has 0 aromatic heterocycles. The molecule has 2 saturated carbocycles. The Morgan fingerprint density at radius 3 is 2.73 bits per heavy atom. The molecule has 3 heteroatoms. The second kappa shape index (κ2) is 3.97. The Kier molecular flexibility index (Phi) is 2.83. The van der Waals surface area contributed by atoms with Gasteiger partial charge in [-0.25, -0.2) is 0 Å². The van der Waals surface area contributed by atoms with Crippen LogP contribution in [0, 0.1) is 17.8 Å². The Bertz CT molecular complexity index is 275. The first-order valence-electron chi connectivity index (χ1n) is 5.76. The zero-order valence-electron chi connectivity index (χ0n) is 9.36. The fraction of sp³-hybridized carbons (Fsp3) is 0.750. The van der Waals surface area contributed by atoms with Gasteiger partial charge in [0.1, 0.15) is 0 Å². The molecule has 15 heavy (non-hydrogen) atoms. The van der Waals surface area contributed by atoms with E-state index in [4.69, 9.17) is 5.73 Å². The van der Waals surface area contributed by atoms with Crippen molar-refractivity contribution < 1.29 is 4.79 Å². The number of fused-ring (bicyclic) bond motifs is 2. The molecule has 2 aliphatic rings. The number of carbonyl (C=O) groups is 1. The van der Waals surface area contributed by atoms with Crippen LogP contribution in [0.25, 0.3) is 0 Å². The first-order chi connectivity index (χ1) is 7.15. The zero-order valence-corrected chi connectivity index (χ0v) is 9.36. The highest BCUT2D eigenvalue weighted by Crippen LogP contribution is 2.48. The topological polar surface area (TPSA) is 46.3 Å². The Morgan fingerprint density at radius 2 is 2.20 bits per heavy atom. The number of nitrogens with zero attached hydrogens (tertiary/aromatic N) is 1. The lowest BCUT2D eigenvalue weighted by atomic mass is 9.84. The molecule has 1 amide bonds. The molecule has 0 aromatic carbocycles. The lowest BCUT2D eigenvalue weighted by Gasteiger charge is -2.30. The number of hydrogen-bond acceptors (Lipinski definition) is 2. The minimum absolute atomic E-state index is 0.0775. The molecule has 2 fully saturated rings. The van der Waals surface area contributed by atoms with Crippen LogP contribution in [0.1, 0.15) is 19.3 Å². The van der Waals surface area contributed by atoms with Gasteiger partial charge in [-0.1, -0.05) is 6.08 Å². The molecular weight excluding hydrogens is 188 g/mol. The van der Waals surface area contributed by atoms with E-state index in [-0.39, 0.29) is 17.9 Å². The maximum atomic E-state index is 12.1. The van der Waals surface area contributed by atoms with Crippen molar-refractivity contribution in [2.24, 2.45) is 23.5 Å². The fourth-order valence-corrected chi connectivity index (χ4v) is 3.24. The number of carbonyl (C=O) groups excluding carboxylic acids is 1. The molecule has 2 N–H and O–H groups in total. The van der Waals surface area contributed by atoms with Crippen molar-refractivity contribution in [1.29, 1.82) is 0 Å². The first kappa shape index (κ1) is 10.7. The summed E-state index contributed by atoms with van der Waals surface area (Å²) in [5.74, 6) is 1.44. The molecule has 0 aromatic rings. The van der Waals surface area contributed by atoms with Crippen LogP contribution in [0.4, 0.5) is 0 Å². The Hall–Kier alpha value is -0.830. The van der Waals surface area contributed by atoms with Crippen molar-refractivity contribution >= 4 is 5.91 Å². The standard InChI is InChI=1S/C12H20N2O/c1-3-6-14(2)12(15)10-8-4-5-9(7-8)11(10)13/h3,8-11H,1,4-7,13H2,2H3. The predicted octanol–water partition coefficient (Wildman–Crippen LogP) is 1.00. The average Bonchev–Trinajstić information content (AvgIpc) is 2.77. The van der Waals surface area contributed by atoms with Gasteiger partial charge in [-0.05, 0) is 31.1 Å². The van der Waals surface area contributed by atoms with Crippen LogP contribution in [0.5, 0.6) is 0 Å². The van der Waals surface area contributed by atoms with Crippen molar-refractivity contribution in [3.05, 3.63) is 12.7 Å². The van der Waals surface area contributed by atoms with Crippen molar-refractivity contribution in [2.75, 3.05) is 13.6 Å². The van der Waals surface area contributed by atoms with E-state index < -0.39 is 0 Å². The van der Waals surface area contributed by atoms with Gasteiger partial charge in [0.25, 0.3) is 0 Å². The third-order valence-electron chi connectivity index (χ3n) is 4.04. The second-order valence-electron chi connectivity index (χ2n) is 4.94. The highest BCUT2D eigenvalue weighted by atomic mass is 16.2. The van der Waals surface area contributed by atoms with Crippen LogP contribution in [0.15, 0.2) is 12.7 Å². The number of hydrogen-bond donors (Lipinski definition) is 1. The van der Waals surface area contributed by atoms with Crippen LogP contribution in [-0.4, -0.2) is 30.4 Å². The average molecular weight is 208 g/mol. The summed E-state index contributed by atoms with van der Waals surface area (Å²) in [6, 6.07) is 0.100. The summed E-state index contributed by atoms with van der Waals surface area (Å²) in [7, 11) is 1.84. The van der Waals surface area contributed by atoms with Gasteiger partial charge in [0.05, 0.1) is 5.92 Å². The van der Waals surface area contributed by atoms with Gasteiger partial charge in [0.15, 0.2) is 0 Å². The molecule has 2 aliphatic carbocycles. The quantitative estimate of drug-likeness (QED) is 0.703. The van der Waals surface area contributed by atoms with Crippen LogP contribution in [-0.2, 0) is 4.79 Å². The lowest BCUT2D eigenvalue weighted by Crippen LogP contribution is -2.45. The Balaban J connectivity index is 2.04. The molecule has 2 rings (SSSR count). The molecule has 84 valence electrons. The molecule has 0 radical (unpaired) electrons. The summed E-state index contributed by atoms with van der Waals surface area (Å²) >= 11 is 0. The molecule has 0 saturated heterocycles. The summed E-state index contributed by atoms with van der Waals surface area (Å²) in [4.78, 5) is 13.9. The summed E-state index contributed by atoms with van der Waals surface area (Å²) in [5.41, 5.74) is 6.13. The number of amides is 1. The SMILES string of the molecule is C=CCN(C)C(=O)C1C2CCC(C2)C1N. The highest BCUT2D eigenvalue weighted by Gasteiger charge is 2.49. The molecule has 2 bridgehead atoms. The Labute approximate surface area is 91.3 Å². The van der Waals surface area contributed by atoms with Crippen LogP contribution in [0.2, 0.25) is 0 Å². The summed E-state index contributed by atoms with van der Waals surface area (Å²) < 4.78 is 0. The van der Waals surface area contributed by atoms with Crippen LogP contribution < -0.4 is 5.73 Å². The third-order valence-corrected chi connectivity index (χ3v) is 4.04. The van der Waals surface area contributed by atoms with Gasteiger partial charge in [0, 0.05) is 19.6 Å². The van der Waals surface area contributed by atoms with E-state index >= 15 is 0 Å². The number of nitrogens with two attached hydrogens (primary N) is 1. The maximum Gasteiger partial charge on any atom is 0.227 e. The van der Waals surface area contributed by atoms with Crippen molar-refractivity contribution in [2.45, 2.75) is 25.3 Å². The van der Waals surface area contributed by atoms with Crippen molar-refractivity contribution in [3.8, 4) is 0 Å². The molecular formula is C12H20N2O. The lowest BCUT2D eigenvalue weighted by molar-refractivity contribution is -0.135. The third kappa shape index (κ3) is 1.69. The van der Waals surface area contributed by atoms with Gasteiger partial charge in [-0.3, -0.25) is 4.79 Å². The molecule has 3 nitrogen and oxygen atoms in total. The summed E-state index contributed by atoms with van der Waals surface area (Å²) in [5, 5.41) is 0. The minimum atomic E-state index is 0.0775. The van der Waals surface area contributed by atoms with Gasteiger partial charge < -0.3 is 10.6 Å². The molecule has 0 spiro atoms. The molecule has 0 aliphatic heterocycles. The van der Waals surface area contributed by atoms with Crippen molar-refractivity contribution in [3.63, 3.8) is 0 Å².